The molecule has 0 radical (unpaired) electrons. The first-order chi connectivity index (χ1) is 8.15. The number of nitrogens with zero attached hydrogens (tertiary/aromatic N) is 1. The number of anilines is 1. The number of hydrogen-bond donors (Lipinski definition) is 2. The van der Waals surface area contributed by atoms with Crippen molar-refractivity contribution in [2.24, 2.45) is 5.92 Å². The molecule has 2 rings (SSSR count). The summed E-state index contributed by atoms with van der Waals surface area (Å²) < 4.78 is 0.954. The predicted molar refractivity (Wildman–Crippen MR) is 70.9 cm³/mol. The van der Waals surface area contributed by atoms with Gasteiger partial charge in [0.2, 0.25) is 5.91 Å². The SMILES string of the molecule is Cc1nc(NC(=O)CC2CCNC2)ccc1Br. The summed E-state index contributed by atoms with van der Waals surface area (Å²) in [4.78, 5) is 16.1. The Morgan fingerprint density at radius 3 is 3.12 bits per heavy atom. The average Bonchev–Trinajstić information content (AvgIpc) is 2.76. The molecule has 1 fully saturated rings. The molecule has 92 valence electrons. The van der Waals surface area contributed by atoms with E-state index in [1.54, 1.807) is 0 Å². The van der Waals surface area contributed by atoms with E-state index in [0.717, 1.165) is 29.7 Å². The second kappa shape index (κ2) is 5.60. The number of aryl methyl sites for hydroxylation is 1. The number of nitrogens with one attached hydrogen (secondary N) is 2. The van der Waals surface area contributed by atoms with Gasteiger partial charge in [0.25, 0.3) is 0 Å². The lowest BCUT2D eigenvalue weighted by molar-refractivity contribution is -0.117. The van der Waals surface area contributed by atoms with Crippen molar-refractivity contribution in [2.45, 2.75) is 19.8 Å². The van der Waals surface area contributed by atoms with Crippen LogP contribution in [-0.4, -0.2) is 24.0 Å². The maximum Gasteiger partial charge on any atom is 0.225 e. The topological polar surface area (TPSA) is 54.0 Å². The molecule has 0 aliphatic carbocycles. The molecule has 1 saturated heterocycles. The Morgan fingerprint density at radius 2 is 2.47 bits per heavy atom. The van der Waals surface area contributed by atoms with Crippen molar-refractivity contribution in [3.05, 3.63) is 22.3 Å². The number of halogens is 1. The summed E-state index contributed by atoms with van der Waals surface area (Å²) in [7, 11) is 0. The minimum absolute atomic E-state index is 0.0490. The Labute approximate surface area is 109 Å². The zero-order valence-electron chi connectivity index (χ0n) is 9.79. The van der Waals surface area contributed by atoms with E-state index in [1.807, 2.05) is 19.1 Å². The zero-order valence-corrected chi connectivity index (χ0v) is 11.4. The van der Waals surface area contributed by atoms with Crippen molar-refractivity contribution in [3.63, 3.8) is 0 Å². The molecule has 2 heterocycles. The minimum atomic E-state index is 0.0490. The van der Waals surface area contributed by atoms with Crippen molar-refractivity contribution in [1.82, 2.24) is 10.3 Å². The van der Waals surface area contributed by atoms with Crippen molar-refractivity contribution in [2.75, 3.05) is 18.4 Å². The van der Waals surface area contributed by atoms with Crippen LogP contribution in [0.2, 0.25) is 0 Å². The van der Waals surface area contributed by atoms with Gasteiger partial charge in [0, 0.05) is 10.9 Å². The van der Waals surface area contributed by atoms with Crippen LogP contribution in [0.15, 0.2) is 16.6 Å². The Bertz CT molecular complexity index is 416. The van der Waals surface area contributed by atoms with E-state index < -0.39 is 0 Å². The molecule has 1 aromatic rings. The normalized spacial score (nSPS) is 19.3. The molecule has 17 heavy (non-hydrogen) atoms. The number of pyridine rings is 1. The van der Waals surface area contributed by atoms with Crippen LogP contribution in [0.5, 0.6) is 0 Å². The van der Waals surface area contributed by atoms with Gasteiger partial charge in [-0.3, -0.25) is 4.79 Å². The second-order valence-electron chi connectivity index (χ2n) is 4.37. The predicted octanol–water partition coefficient (Wildman–Crippen LogP) is 2.09. The third kappa shape index (κ3) is 3.51. The maximum atomic E-state index is 11.8. The van der Waals surface area contributed by atoms with Gasteiger partial charge in [-0.1, -0.05) is 0 Å². The van der Waals surface area contributed by atoms with Crippen LogP contribution in [0.25, 0.3) is 0 Å². The zero-order chi connectivity index (χ0) is 12.3. The van der Waals surface area contributed by atoms with E-state index in [9.17, 15) is 4.79 Å². The number of carbonyl (C=O) groups excluding carboxylic acids is 1. The fourth-order valence-electron chi connectivity index (χ4n) is 1.96. The van der Waals surface area contributed by atoms with Gasteiger partial charge in [-0.25, -0.2) is 4.98 Å². The van der Waals surface area contributed by atoms with E-state index >= 15 is 0 Å². The minimum Gasteiger partial charge on any atom is -0.316 e. The van der Waals surface area contributed by atoms with Crippen molar-refractivity contribution >= 4 is 27.7 Å². The quantitative estimate of drug-likeness (QED) is 0.898. The lowest BCUT2D eigenvalue weighted by atomic mass is 10.0. The van der Waals surface area contributed by atoms with E-state index in [-0.39, 0.29) is 5.91 Å². The van der Waals surface area contributed by atoms with E-state index in [4.69, 9.17) is 0 Å². The molecule has 1 aliphatic rings. The fourth-order valence-corrected chi connectivity index (χ4v) is 2.18. The van der Waals surface area contributed by atoms with Crippen LogP contribution < -0.4 is 10.6 Å². The largest absolute Gasteiger partial charge is 0.316 e. The summed E-state index contributed by atoms with van der Waals surface area (Å²) in [6, 6.07) is 3.71. The summed E-state index contributed by atoms with van der Waals surface area (Å²) in [5, 5.41) is 6.09. The molecule has 1 amide bonds. The molecule has 1 aromatic heterocycles. The number of rotatable bonds is 3. The van der Waals surface area contributed by atoms with Crippen LogP contribution >= 0.6 is 15.9 Å². The number of amides is 1. The van der Waals surface area contributed by atoms with E-state index in [0.29, 0.717) is 18.2 Å². The van der Waals surface area contributed by atoms with Gasteiger partial charge in [0.05, 0.1) is 5.69 Å². The van der Waals surface area contributed by atoms with Gasteiger partial charge in [-0.2, -0.15) is 0 Å². The first-order valence-corrected chi connectivity index (χ1v) is 6.58. The van der Waals surface area contributed by atoms with Crippen molar-refractivity contribution in [1.29, 1.82) is 0 Å². The molecule has 1 atom stereocenters. The van der Waals surface area contributed by atoms with Gasteiger partial charge in [0.15, 0.2) is 0 Å². The van der Waals surface area contributed by atoms with Gasteiger partial charge in [-0.15, -0.1) is 0 Å². The highest BCUT2D eigenvalue weighted by molar-refractivity contribution is 9.10. The molecule has 1 unspecified atom stereocenters. The number of carbonyl (C=O) groups is 1. The smallest absolute Gasteiger partial charge is 0.225 e. The number of hydrogen-bond acceptors (Lipinski definition) is 3. The first-order valence-electron chi connectivity index (χ1n) is 5.79. The van der Waals surface area contributed by atoms with E-state index in [2.05, 4.69) is 31.5 Å². The highest BCUT2D eigenvalue weighted by atomic mass is 79.9. The van der Waals surface area contributed by atoms with Crippen LogP contribution in [0.3, 0.4) is 0 Å². The Kier molecular flexibility index (Phi) is 4.12. The summed E-state index contributed by atoms with van der Waals surface area (Å²) >= 11 is 3.38. The highest BCUT2D eigenvalue weighted by Gasteiger charge is 2.18. The molecule has 0 aromatic carbocycles. The van der Waals surface area contributed by atoms with Crippen molar-refractivity contribution < 1.29 is 4.79 Å². The standard InChI is InChI=1S/C12H16BrN3O/c1-8-10(13)2-3-11(15-8)16-12(17)6-9-4-5-14-7-9/h2-3,9,14H,4-7H2,1H3,(H,15,16,17). The number of aromatic nitrogens is 1. The van der Waals surface area contributed by atoms with Crippen molar-refractivity contribution in [3.8, 4) is 0 Å². The molecule has 0 saturated carbocycles. The van der Waals surface area contributed by atoms with Crippen LogP contribution in [-0.2, 0) is 4.79 Å². The third-order valence-corrected chi connectivity index (χ3v) is 3.76. The molecule has 1 aliphatic heterocycles. The summed E-state index contributed by atoms with van der Waals surface area (Å²) in [5.41, 5.74) is 0.880. The third-order valence-electron chi connectivity index (χ3n) is 2.93. The van der Waals surface area contributed by atoms with Crippen LogP contribution in [0, 0.1) is 12.8 Å². The summed E-state index contributed by atoms with van der Waals surface area (Å²) in [6.07, 6.45) is 1.66. The fraction of sp³-hybridized carbons (Fsp3) is 0.500. The molecular weight excluding hydrogens is 282 g/mol. The molecule has 5 heteroatoms. The molecule has 0 spiro atoms. The molecule has 4 nitrogen and oxygen atoms in total. The second-order valence-corrected chi connectivity index (χ2v) is 5.23. The van der Waals surface area contributed by atoms with Gasteiger partial charge < -0.3 is 10.6 Å². The van der Waals surface area contributed by atoms with Gasteiger partial charge >= 0.3 is 0 Å². The van der Waals surface area contributed by atoms with E-state index in [1.165, 1.54) is 0 Å². The summed E-state index contributed by atoms with van der Waals surface area (Å²) in [5.74, 6) is 1.14. The first kappa shape index (κ1) is 12.5. The van der Waals surface area contributed by atoms with Crippen LogP contribution in [0.1, 0.15) is 18.5 Å². The summed E-state index contributed by atoms with van der Waals surface area (Å²) in [6.45, 7) is 3.87. The molecule has 0 bridgehead atoms. The monoisotopic (exact) mass is 297 g/mol. The Balaban J connectivity index is 1.90. The highest BCUT2D eigenvalue weighted by Crippen LogP contribution is 2.17. The lowest BCUT2D eigenvalue weighted by Gasteiger charge is -2.09. The maximum absolute atomic E-state index is 11.8. The Morgan fingerprint density at radius 1 is 1.65 bits per heavy atom. The molecular formula is C12H16BrN3O. The lowest BCUT2D eigenvalue weighted by Crippen LogP contribution is -2.19. The Hall–Kier alpha value is -0.940. The average molecular weight is 298 g/mol. The van der Waals surface area contributed by atoms with Gasteiger partial charge in [-0.05, 0) is 60.4 Å². The van der Waals surface area contributed by atoms with Crippen LogP contribution in [0.4, 0.5) is 5.82 Å². The van der Waals surface area contributed by atoms with Gasteiger partial charge in [0.1, 0.15) is 5.82 Å². The molecule has 2 N–H and O–H groups in total.